The van der Waals surface area contributed by atoms with Crippen molar-refractivity contribution in [3.8, 4) is 0 Å². The van der Waals surface area contributed by atoms with Crippen LogP contribution in [0.25, 0.3) is 0 Å². The second-order valence-corrected chi connectivity index (χ2v) is 7.10. The summed E-state index contributed by atoms with van der Waals surface area (Å²) < 4.78 is 5.17. The van der Waals surface area contributed by atoms with Gasteiger partial charge in [0.25, 0.3) is 5.69 Å². The van der Waals surface area contributed by atoms with Crippen molar-refractivity contribution in [2.45, 2.75) is 22.3 Å². The van der Waals surface area contributed by atoms with Gasteiger partial charge in [0, 0.05) is 41.4 Å². The fourth-order valence-corrected chi connectivity index (χ4v) is 3.57. The zero-order chi connectivity index (χ0) is 18.1. The Labute approximate surface area is 155 Å². The molecule has 6 nitrogen and oxygen atoms in total. The lowest BCUT2D eigenvalue weighted by atomic mass is 10.2. The van der Waals surface area contributed by atoms with Crippen LogP contribution in [-0.2, 0) is 4.74 Å². The van der Waals surface area contributed by atoms with Crippen LogP contribution in [0.1, 0.15) is 6.42 Å². The van der Waals surface area contributed by atoms with Gasteiger partial charge in [-0.3, -0.25) is 15.3 Å². The number of ether oxygens (including phenoxy) is 1. The maximum absolute atomic E-state index is 11.4. The third kappa shape index (κ3) is 6.24. The molecule has 134 valence electrons. The first-order chi connectivity index (χ1) is 12.1. The monoisotopic (exact) mass is 379 g/mol. The van der Waals surface area contributed by atoms with E-state index in [-0.39, 0.29) is 16.7 Å². The number of thioether (sulfide) groups is 1. The molecular formula is C17H21N3O3S2. The van der Waals surface area contributed by atoms with Crippen LogP contribution in [0.5, 0.6) is 0 Å². The zero-order valence-electron chi connectivity index (χ0n) is 13.9. The summed E-state index contributed by atoms with van der Waals surface area (Å²) in [5, 5.41) is 20.1. The van der Waals surface area contributed by atoms with Gasteiger partial charge in [-0.1, -0.05) is 18.2 Å². The van der Waals surface area contributed by atoms with Gasteiger partial charge >= 0.3 is 0 Å². The van der Waals surface area contributed by atoms with Gasteiger partial charge in [-0.25, -0.2) is 0 Å². The number of nitro benzene ring substituents is 1. The Balaban J connectivity index is 2.11. The van der Waals surface area contributed by atoms with E-state index < -0.39 is 0 Å². The van der Waals surface area contributed by atoms with Crippen LogP contribution in [-0.4, -0.2) is 30.4 Å². The molecule has 0 aliphatic carbocycles. The second kappa shape index (κ2) is 10.3. The number of anilines is 1. The summed E-state index contributed by atoms with van der Waals surface area (Å²) in [4.78, 5) is 12.8. The van der Waals surface area contributed by atoms with Crippen LogP contribution >= 0.6 is 23.7 Å². The van der Waals surface area contributed by atoms with E-state index in [1.807, 2.05) is 30.3 Å². The number of hydrogen-bond donors (Lipinski definition) is 2. The van der Waals surface area contributed by atoms with Crippen molar-refractivity contribution in [2.24, 2.45) is 5.14 Å². The van der Waals surface area contributed by atoms with E-state index in [2.05, 4.69) is 5.32 Å². The number of hydrogen-bond acceptors (Lipinski definition) is 7. The number of benzene rings is 2. The van der Waals surface area contributed by atoms with E-state index in [9.17, 15) is 10.1 Å². The predicted molar refractivity (Wildman–Crippen MR) is 104 cm³/mol. The molecule has 0 aliphatic heterocycles. The number of rotatable bonds is 10. The number of nitro groups is 1. The lowest BCUT2D eigenvalue weighted by Crippen LogP contribution is -2.24. The minimum Gasteiger partial charge on any atom is -0.385 e. The van der Waals surface area contributed by atoms with Crippen molar-refractivity contribution < 1.29 is 9.66 Å². The minimum absolute atomic E-state index is 0.0302. The summed E-state index contributed by atoms with van der Waals surface area (Å²) in [5.74, 6) is 0.776. The Morgan fingerprint density at radius 2 is 2.00 bits per heavy atom. The van der Waals surface area contributed by atoms with E-state index >= 15 is 0 Å². The third-order valence-electron chi connectivity index (χ3n) is 3.53. The van der Waals surface area contributed by atoms with Crippen molar-refractivity contribution in [3.63, 3.8) is 0 Å². The molecule has 0 amide bonds. The van der Waals surface area contributed by atoms with Crippen molar-refractivity contribution in [3.05, 3.63) is 58.6 Å². The standard InChI is InChI=1S/C17H21N3O3S2/c1-23-10-9-13(12-24-14-5-3-2-4-6-14)19-16-8-7-15(25-18)11-17(16)20(21)22/h2-8,11,13,19H,9-10,12,18H2,1H3. The van der Waals surface area contributed by atoms with Gasteiger partial charge in [-0.15, -0.1) is 11.8 Å². The average Bonchev–Trinajstić information content (AvgIpc) is 2.64. The highest BCUT2D eigenvalue weighted by atomic mass is 32.2. The SMILES string of the molecule is COCCC(CSc1ccccc1)Nc1ccc(SN)cc1[N+](=O)[O-]. The molecule has 1 atom stereocenters. The molecule has 0 saturated carbocycles. The first kappa shape index (κ1) is 19.6. The summed E-state index contributed by atoms with van der Waals surface area (Å²) in [5.41, 5.74) is 0.528. The first-order valence-corrected chi connectivity index (χ1v) is 9.59. The van der Waals surface area contributed by atoms with Gasteiger partial charge in [0.15, 0.2) is 0 Å². The summed E-state index contributed by atoms with van der Waals surface area (Å²) in [6.07, 6.45) is 0.751. The molecule has 25 heavy (non-hydrogen) atoms. The Kier molecular flexibility index (Phi) is 8.07. The molecule has 0 fully saturated rings. The fraction of sp³-hybridized carbons (Fsp3) is 0.294. The second-order valence-electron chi connectivity index (χ2n) is 5.30. The Morgan fingerprint density at radius 3 is 2.64 bits per heavy atom. The van der Waals surface area contributed by atoms with E-state index in [0.29, 0.717) is 17.2 Å². The molecule has 2 aromatic rings. The number of methoxy groups -OCH3 is 1. The van der Waals surface area contributed by atoms with Crippen molar-refractivity contribution in [1.82, 2.24) is 0 Å². The molecule has 0 bridgehead atoms. The van der Waals surface area contributed by atoms with Crippen LogP contribution in [0.2, 0.25) is 0 Å². The quantitative estimate of drug-likeness (QED) is 0.277. The zero-order valence-corrected chi connectivity index (χ0v) is 15.5. The Morgan fingerprint density at radius 1 is 1.24 bits per heavy atom. The Hall–Kier alpha value is -1.74. The van der Waals surface area contributed by atoms with Gasteiger partial charge in [-0.2, -0.15) is 0 Å². The number of nitrogens with zero attached hydrogens (tertiary/aromatic N) is 1. The van der Waals surface area contributed by atoms with Crippen molar-refractivity contribution >= 4 is 35.1 Å². The van der Waals surface area contributed by atoms with Gasteiger partial charge in [0.05, 0.1) is 4.92 Å². The molecular weight excluding hydrogens is 358 g/mol. The van der Waals surface area contributed by atoms with Crippen LogP contribution in [0, 0.1) is 10.1 Å². The van der Waals surface area contributed by atoms with Gasteiger partial charge in [0.2, 0.25) is 0 Å². The lowest BCUT2D eigenvalue weighted by Gasteiger charge is -2.19. The molecule has 0 radical (unpaired) electrons. The van der Waals surface area contributed by atoms with Crippen LogP contribution < -0.4 is 10.5 Å². The fourth-order valence-electron chi connectivity index (χ4n) is 2.25. The normalized spacial score (nSPS) is 11.9. The summed E-state index contributed by atoms with van der Waals surface area (Å²) in [6.45, 7) is 0.581. The molecule has 1 unspecified atom stereocenters. The highest BCUT2D eigenvalue weighted by Gasteiger charge is 2.18. The van der Waals surface area contributed by atoms with E-state index in [1.165, 1.54) is 6.07 Å². The lowest BCUT2D eigenvalue weighted by molar-refractivity contribution is -0.384. The predicted octanol–water partition coefficient (Wildman–Crippen LogP) is 4.17. The minimum atomic E-state index is -0.389. The highest BCUT2D eigenvalue weighted by molar-refractivity contribution is 7.99. The molecule has 0 spiro atoms. The van der Waals surface area contributed by atoms with E-state index in [0.717, 1.165) is 29.0 Å². The molecule has 2 aromatic carbocycles. The van der Waals surface area contributed by atoms with Crippen LogP contribution in [0.4, 0.5) is 11.4 Å². The average molecular weight is 380 g/mol. The number of nitrogens with one attached hydrogen (secondary N) is 1. The Bertz CT molecular complexity index is 686. The number of nitrogens with two attached hydrogens (primary N) is 1. The van der Waals surface area contributed by atoms with E-state index in [1.54, 1.807) is 31.0 Å². The molecule has 3 N–H and O–H groups in total. The molecule has 8 heteroatoms. The van der Waals surface area contributed by atoms with Crippen LogP contribution in [0.3, 0.4) is 0 Å². The molecule has 2 rings (SSSR count). The third-order valence-corrected chi connectivity index (χ3v) is 5.23. The van der Waals surface area contributed by atoms with Gasteiger partial charge < -0.3 is 10.1 Å². The maximum atomic E-state index is 11.4. The van der Waals surface area contributed by atoms with Crippen molar-refractivity contribution in [1.29, 1.82) is 0 Å². The molecule has 0 aromatic heterocycles. The molecule has 0 saturated heterocycles. The van der Waals surface area contributed by atoms with Crippen molar-refractivity contribution in [2.75, 3.05) is 24.8 Å². The summed E-state index contributed by atoms with van der Waals surface area (Å²) in [7, 11) is 1.65. The maximum Gasteiger partial charge on any atom is 0.293 e. The highest BCUT2D eigenvalue weighted by Crippen LogP contribution is 2.30. The smallest absolute Gasteiger partial charge is 0.293 e. The largest absolute Gasteiger partial charge is 0.385 e. The topological polar surface area (TPSA) is 90.4 Å². The van der Waals surface area contributed by atoms with E-state index in [4.69, 9.17) is 9.88 Å². The van der Waals surface area contributed by atoms with Gasteiger partial charge in [0.1, 0.15) is 5.69 Å². The summed E-state index contributed by atoms with van der Waals surface area (Å²) >= 11 is 2.70. The summed E-state index contributed by atoms with van der Waals surface area (Å²) in [6, 6.07) is 15.1. The molecule has 0 heterocycles. The first-order valence-electron chi connectivity index (χ1n) is 7.72. The molecule has 0 aliphatic rings. The van der Waals surface area contributed by atoms with Crippen LogP contribution in [0.15, 0.2) is 58.3 Å². The van der Waals surface area contributed by atoms with Gasteiger partial charge in [-0.05, 0) is 42.6 Å².